The smallest absolute Gasteiger partial charge is 0.157 e. The third-order valence-corrected chi connectivity index (χ3v) is 5.33. The molecule has 0 amide bonds. The Kier molecular flexibility index (Phi) is 6.02. The Hall–Kier alpha value is -0.330. The summed E-state index contributed by atoms with van der Waals surface area (Å²) in [5, 5.41) is 0. The second-order valence-electron chi connectivity index (χ2n) is 2.93. The second-order valence-corrected chi connectivity index (χ2v) is 5.92. The van der Waals surface area contributed by atoms with Gasteiger partial charge in [0.2, 0.25) is 0 Å². The molecule has 0 heterocycles. The number of rotatable bonds is 7. The fourth-order valence-corrected chi connectivity index (χ4v) is 3.90. The first-order chi connectivity index (χ1) is 6.14. The van der Waals surface area contributed by atoms with Crippen LogP contribution in [0.5, 0.6) is 0 Å². The summed E-state index contributed by atoms with van der Waals surface area (Å²) in [6, 6.07) is 0. The van der Waals surface area contributed by atoms with Crippen LogP contribution in [-0.2, 0) is 4.57 Å². The minimum atomic E-state index is -2.23. The summed E-state index contributed by atoms with van der Waals surface area (Å²) in [6.07, 6.45) is 4.65. The van der Waals surface area contributed by atoms with Gasteiger partial charge in [-0.25, -0.2) is 0 Å². The highest BCUT2D eigenvalue weighted by Gasteiger charge is 2.24. The van der Waals surface area contributed by atoms with Gasteiger partial charge in [-0.2, -0.15) is 0 Å². The van der Waals surface area contributed by atoms with Crippen molar-refractivity contribution in [1.82, 2.24) is 4.67 Å². The zero-order valence-electron chi connectivity index (χ0n) is 8.70. The number of allylic oxidation sites excluding steroid dienone is 2. The zero-order valence-corrected chi connectivity index (χ0v) is 9.59. The lowest BCUT2D eigenvalue weighted by molar-refractivity contribution is 0.447. The Labute approximate surface area is 81.8 Å². The van der Waals surface area contributed by atoms with Crippen LogP contribution < -0.4 is 0 Å². The average Bonchev–Trinajstić information content (AvgIpc) is 2.07. The molecule has 0 bridgehead atoms. The van der Waals surface area contributed by atoms with Crippen molar-refractivity contribution in [2.45, 2.75) is 13.8 Å². The first kappa shape index (κ1) is 12.7. The van der Waals surface area contributed by atoms with E-state index in [1.807, 2.05) is 18.5 Å². The van der Waals surface area contributed by atoms with Crippen molar-refractivity contribution in [2.24, 2.45) is 0 Å². The van der Waals surface area contributed by atoms with Crippen LogP contribution in [0.15, 0.2) is 25.3 Å². The summed E-state index contributed by atoms with van der Waals surface area (Å²) < 4.78 is 14.4. The van der Waals surface area contributed by atoms with E-state index in [9.17, 15) is 4.57 Å². The maximum absolute atomic E-state index is 12.4. The number of hydrogen-bond acceptors (Lipinski definition) is 1. The summed E-state index contributed by atoms with van der Waals surface area (Å²) in [7, 11) is -2.23. The molecule has 0 aromatic rings. The van der Waals surface area contributed by atoms with Crippen molar-refractivity contribution in [3.8, 4) is 0 Å². The van der Waals surface area contributed by atoms with E-state index in [0.717, 1.165) is 13.1 Å². The summed E-state index contributed by atoms with van der Waals surface area (Å²) in [5.41, 5.74) is 0. The van der Waals surface area contributed by atoms with Crippen molar-refractivity contribution >= 4 is 7.29 Å². The molecule has 0 aromatic carbocycles. The van der Waals surface area contributed by atoms with Crippen molar-refractivity contribution in [3.63, 3.8) is 0 Å². The van der Waals surface area contributed by atoms with Crippen LogP contribution in [0.3, 0.4) is 0 Å². The quantitative estimate of drug-likeness (QED) is 0.466. The molecule has 0 unspecified atom stereocenters. The molecule has 0 rings (SSSR count). The monoisotopic (exact) mass is 201 g/mol. The lowest BCUT2D eigenvalue weighted by Gasteiger charge is -2.28. The molecule has 0 atom stereocenters. The molecule has 3 heteroatoms. The number of nitrogens with zero attached hydrogens (tertiary/aromatic N) is 1. The van der Waals surface area contributed by atoms with Crippen molar-refractivity contribution in [1.29, 1.82) is 0 Å². The molecule has 0 aromatic heterocycles. The molecular formula is C10H20NOP. The van der Waals surface area contributed by atoms with Crippen molar-refractivity contribution in [2.75, 3.05) is 25.4 Å². The molecular weight excluding hydrogens is 181 g/mol. The van der Waals surface area contributed by atoms with Crippen LogP contribution in [-0.4, -0.2) is 30.1 Å². The van der Waals surface area contributed by atoms with E-state index < -0.39 is 7.29 Å². The van der Waals surface area contributed by atoms with Gasteiger partial charge < -0.3 is 4.57 Å². The van der Waals surface area contributed by atoms with E-state index in [4.69, 9.17) is 0 Å². The zero-order chi connectivity index (χ0) is 10.3. The normalized spacial score (nSPS) is 11.6. The fourth-order valence-electron chi connectivity index (χ4n) is 1.45. The fraction of sp³-hybridized carbons (Fsp3) is 0.600. The SMILES string of the molecule is C=CCP(=O)(CC=C)N(CC)CC. The molecule has 76 valence electrons. The van der Waals surface area contributed by atoms with Crippen molar-refractivity contribution in [3.05, 3.63) is 25.3 Å². The summed E-state index contributed by atoms with van der Waals surface area (Å²) in [6.45, 7) is 13.0. The summed E-state index contributed by atoms with van der Waals surface area (Å²) in [4.78, 5) is 0. The molecule has 13 heavy (non-hydrogen) atoms. The molecule has 0 aliphatic carbocycles. The van der Waals surface area contributed by atoms with Gasteiger partial charge in [-0.05, 0) is 0 Å². The van der Waals surface area contributed by atoms with Crippen LogP contribution in [0.1, 0.15) is 13.8 Å². The van der Waals surface area contributed by atoms with Gasteiger partial charge in [0, 0.05) is 25.4 Å². The molecule has 0 aliphatic heterocycles. The van der Waals surface area contributed by atoms with Gasteiger partial charge in [-0.15, -0.1) is 13.2 Å². The summed E-state index contributed by atoms with van der Waals surface area (Å²) >= 11 is 0. The third-order valence-electron chi connectivity index (χ3n) is 2.07. The van der Waals surface area contributed by atoms with Crippen LogP contribution in [0.4, 0.5) is 0 Å². The average molecular weight is 201 g/mol. The van der Waals surface area contributed by atoms with Crippen LogP contribution in [0, 0.1) is 0 Å². The lowest BCUT2D eigenvalue weighted by atomic mass is 10.7. The molecule has 0 saturated carbocycles. The lowest BCUT2D eigenvalue weighted by Crippen LogP contribution is -2.22. The molecule has 0 spiro atoms. The first-order valence-corrected chi connectivity index (χ1v) is 6.72. The van der Waals surface area contributed by atoms with Gasteiger partial charge >= 0.3 is 0 Å². The van der Waals surface area contributed by atoms with Crippen LogP contribution in [0.25, 0.3) is 0 Å². The van der Waals surface area contributed by atoms with Gasteiger partial charge in [-0.1, -0.05) is 26.0 Å². The van der Waals surface area contributed by atoms with Crippen LogP contribution in [0.2, 0.25) is 0 Å². The minimum absolute atomic E-state index is 0.584. The maximum Gasteiger partial charge on any atom is 0.157 e. The molecule has 0 saturated heterocycles. The third kappa shape index (κ3) is 3.50. The molecule has 0 fully saturated rings. The highest BCUT2D eigenvalue weighted by Crippen LogP contribution is 2.49. The van der Waals surface area contributed by atoms with E-state index in [1.54, 1.807) is 12.2 Å². The van der Waals surface area contributed by atoms with E-state index in [-0.39, 0.29) is 0 Å². The van der Waals surface area contributed by atoms with E-state index in [0.29, 0.717) is 12.3 Å². The molecule has 2 nitrogen and oxygen atoms in total. The van der Waals surface area contributed by atoms with E-state index in [2.05, 4.69) is 13.2 Å². The first-order valence-electron chi connectivity index (χ1n) is 4.69. The standard InChI is InChI=1S/C10H20NOP/c1-5-9-13(12,10-6-2)11(7-3)8-4/h5-6H,1-2,7-10H2,3-4H3. The van der Waals surface area contributed by atoms with Gasteiger partial charge in [0.25, 0.3) is 0 Å². The predicted molar refractivity (Wildman–Crippen MR) is 60.7 cm³/mol. The predicted octanol–water partition coefficient (Wildman–Crippen LogP) is 2.98. The second kappa shape index (κ2) is 6.17. The Morgan fingerprint density at radius 3 is 1.77 bits per heavy atom. The summed E-state index contributed by atoms with van der Waals surface area (Å²) in [5.74, 6) is 0. The van der Waals surface area contributed by atoms with Gasteiger partial charge in [0.05, 0.1) is 0 Å². The Balaban J connectivity index is 4.62. The molecule has 0 aliphatic rings. The van der Waals surface area contributed by atoms with E-state index in [1.165, 1.54) is 0 Å². The Morgan fingerprint density at radius 1 is 1.15 bits per heavy atom. The highest BCUT2D eigenvalue weighted by molar-refractivity contribution is 7.61. The minimum Gasteiger partial charge on any atom is -0.306 e. The topological polar surface area (TPSA) is 20.3 Å². The maximum atomic E-state index is 12.4. The van der Waals surface area contributed by atoms with Crippen molar-refractivity contribution < 1.29 is 4.57 Å². The Bertz CT molecular complexity index is 195. The van der Waals surface area contributed by atoms with Gasteiger partial charge in [0.1, 0.15) is 0 Å². The molecule has 0 N–H and O–H groups in total. The molecule has 0 radical (unpaired) electrons. The number of hydrogen-bond donors (Lipinski definition) is 0. The van der Waals surface area contributed by atoms with Gasteiger partial charge in [0.15, 0.2) is 7.29 Å². The van der Waals surface area contributed by atoms with Gasteiger partial charge in [-0.3, -0.25) is 4.67 Å². The highest BCUT2D eigenvalue weighted by atomic mass is 31.2. The van der Waals surface area contributed by atoms with Crippen LogP contribution >= 0.6 is 7.29 Å². The Morgan fingerprint density at radius 2 is 1.54 bits per heavy atom. The largest absolute Gasteiger partial charge is 0.306 e. The van der Waals surface area contributed by atoms with E-state index >= 15 is 0 Å².